The Morgan fingerprint density at radius 1 is 0.681 bits per heavy atom. The molecule has 368 valence electrons. The number of fused-ring (bicyclic) bond motifs is 4. The normalized spacial score (nSPS) is 11.0. The zero-order valence-electron chi connectivity index (χ0n) is 38.8. The summed E-state index contributed by atoms with van der Waals surface area (Å²) in [7, 11) is 2.72. The van der Waals surface area contributed by atoms with Crippen molar-refractivity contribution < 1.29 is 27.8 Å². The van der Waals surface area contributed by atoms with Crippen molar-refractivity contribution in [3.05, 3.63) is 148 Å². The van der Waals surface area contributed by atoms with Gasteiger partial charge < -0.3 is 41.1 Å². The van der Waals surface area contributed by atoms with Gasteiger partial charge in [0.25, 0.3) is 0 Å². The van der Waals surface area contributed by atoms with Crippen molar-refractivity contribution in [3.8, 4) is 0 Å². The maximum absolute atomic E-state index is 13.9. The second kappa shape index (κ2) is 24.0. The number of nitrogens with one attached hydrogen (secondary N) is 5. The lowest BCUT2D eigenvalue weighted by atomic mass is 10.2. The number of methoxy groups -OCH3 is 2. The number of halogens is 2. The van der Waals surface area contributed by atoms with E-state index in [9.17, 15) is 18.4 Å². The minimum Gasteiger partial charge on any atom is -0.465 e. The fourth-order valence-corrected chi connectivity index (χ4v) is 8.77. The maximum atomic E-state index is 13.9. The summed E-state index contributed by atoms with van der Waals surface area (Å²) in [6.07, 6.45) is 9.82. The fourth-order valence-electron chi connectivity index (χ4n) is 6.95. The van der Waals surface area contributed by atoms with Crippen LogP contribution >= 0.6 is 22.7 Å². The highest BCUT2D eigenvalue weighted by molar-refractivity contribution is 7.18. The zero-order valence-corrected chi connectivity index (χ0v) is 40.4. The molecule has 0 spiro atoms. The molecule has 8 aromatic heterocycles. The minimum absolute atomic E-state index is 0.207. The first kappa shape index (κ1) is 50.1. The van der Waals surface area contributed by atoms with Crippen LogP contribution < -0.4 is 21.7 Å². The molecule has 0 amide bonds. The number of ether oxygens (including phenoxy) is 2. The van der Waals surface area contributed by atoms with Crippen molar-refractivity contribution in [1.82, 2.24) is 65.1 Å². The Morgan fingerprint density at radius 2 is 1.21 bits per heavy atom. The Morgan fingerprint density at radius 3 is 1.74 bits per heavy atom. The predicted molar refractivity (Wildman–Crippen MR) is 271 cm³/mol. The first-order chi connectivity index (χ1) is 35.1. The Balaban J connectivity index is 0.000000162. The van der Waals surface area contributed by atoms with Gasteiger partial charge in [-0.1, -0.05) is 29.3 Å². The van der Waals surface area contributed by atoms with E-state index in [0.717, 1.165) is 67.1 Å². The van der Waals surface area contributed by atoms with Crippen molar-refractivity contribution in [2.45, 2.75) is 32.4 Å². The van der Waals surface area contributed by atoms with E-state index >= 15 is 0 Å². The molecule has 0 bridgehead atoms. The molecule has 0 aliphatic carbocycles. The zero-order chi connectivity index (χ0) is 50.4. The summed E-state index contributed by atoms with van der Waals surface area (Å²) in [5.74, 6) is 1.21. The van der Waals surface area contributed by atoms with Crippen LogP contribution in [0.2, 0.25) is 0 Å². The second-order valence-corrected chi connectivity index (χ2v) is 17.4. The van der Waals surface area contributed by atoms with Gasteiger partial charge >= 0.3 is 11.9 Å². The number of thiazole rings is 2. The van der Waals surface area contributed by atoms with Gasteiger partial charge in [0.2, 0.25) is 0 Å². The van der Waals surface area contributed by atoms with Gasteiger partial charge in [0.1, 0.15) is 56.6 Å². The molecule has 0 saturated carbocycles. The molecule has 0 atom stereocenters. The number of nitrogens with zero attached hydrogens (tertiary/aromatic N) is 10. The monoisotopic (exact) mass is 1010 g/mol. The van der Waals surface area contributed by atoms with Crippen LogP contribution in [0.15, 0.2) is 92.3 Å². The molecule has 0 aliphatic heterocycles. The summed E-state index contributed by atoms with van der Waals surface area (Å²) in [4.78, 5) is 73.8. The summed E-state index contributed by atoms with van der Waals surface area (Å²) in [6, 6.07) is 16.3. The van der Waals surface area contributed by atoms with Gasteiger partial charge in [-0.25, -0.2) is 58.2 Å². The van der Waals surface area contributed by atoms with Crippen LogP contribution in [-0.2, 0) is 41.8 Å². The first-order valence-electron chi connectivity index (χ1n) is 22.2. The number of hydrogen-bond donors (Lipinski definition) is 6. The largest absolute Gasteiger partial charge is 0.465 e. The molecule has 0 unspecified atom stereocenters. The third-order valence-corrected chi connectivity index (χ3v) is 12.5. The topological polar surface area (TPSA) is 275 Å². The van der Waals surface area contributed by atoms with Gasteiger partial charge in [-0.15, -0.1) is 0 Å². The molecule has 72 heavy (non-hydrogen) atoms. The average molecular weight is 1010 g/mol. The Bertz CT molecular complexity index is 3490. The standard InChI is InChI=1S/C24H23FN8O2S.C13H13FN6S.C11H10N2O2/c1-35-24(34)14-4-5-16-17(11-14)32-19(31-16)6-9-26-10-7-20-33-21-22(29-13-30-23(21)36-20)28-12-18-15(25)3-2-8-27-18;14-8-2-1-5-16-9(8)6-17-12-11-13(19-7-18-12)21-10(20-11)3-4-15;1-3-10-12-8-5-4-7(11(14)15-2)6-9(8)13-10/h2-5,8,11,13,26H,6-7,9-10,12H2,1H3,(H,31,32)(H,28,29,30);1-2,5,7H,3-4,6,15H2,(H,17,18,19);3-6H,1H2,2H3,(H,12,13). The number of nitrogens with two attached hydrogens (primary N) is 1. The van der Waals surface area contributed by atoms with Crippen LogP contribution in [-0.4, -0.2) is 106 Å². The number of imidazole rings is 2. The molecule has 8 heterocycles. The molecule has 7 N–H and O–H groups in total. The number of hydrogen-bond acceptors (Lipinski definition) is 20. The number of aromatic nitrogens is 12. The third kappa shape index (κ3) is 12.5. The molecular weight excluding hydrogens is 967 g/mol. The Kier molecular flexibility index (Phi) is 16.7. The van der Waals surface area contributed by atoms with Crippen LogP contribution in [0.1, 0.15) is 53.8 Å². The van der Waals surface area contributed by atoms with E-state index in [0.29, 0.717) is 70.4 Å². The van der Waals surface area contributed by atoms with E-state index in [1.54, 1.807) is 67.0 Å². The van der Waals surface area contributed by atoms with Crippen LogP contribution in [0.5, 0.6) is 0 Å². The lowest BCUT2D eigenvalue weighted by Gasteiger charge is -2.05. The van der Waals surface area contributed by atoms with Crippen LogP contribution in [0.25, 0.3) is 48.8 Å². The lowest BCUT2D eigenvalue weighted by molar-refractivity contribution is 0.0592. The summed E-state index contributed by atoms with van der Waals surface area (Å²) < 4.78 is 36.8. The quantitative estimate of drug-likeness (QED) is 0.0396. The Labute approximate surface area is 417 Å². The molecule has 0 aliphatic rings. The van der Waals surface area contributed by atoms with E-state index < -0.39 is 0 Å². The van der Waals surface area contributed by atoms with Crippen molar-refractivity contribution >= 4 is 95.1 Å². The Hall–Kier alpha value is -8.32. The molecule has 0 radical (unpaired) electrons. The van der Waals surface area contributed by atoms with E-state index in [-0.39, 0.29) is 36.7 Å². The highest BCUT2D eigenvalue weighted by atomic mass is 32.1. The number of rotatable bonds is 17. The number of benzene rings is 2. The number of carbonyl (C=O) groups is 2. The van der Waals surface area contributed by atoms with Crippen LogP contribution in [0, 0.1) is 11.6 Å². The van der Waals surface area contributed by atoms with Gasteiger partial charge in [-0.2, -0.15) is 0 Å². The number of H-pyrrole nitrogens is 2. The van der Waals surface area contributed by atoms with Crippen LogP contribution in [0.4, 0.5) is 20.4 Å². The first-order valence-corrected chi connectivity index (χ1v) is 23.8. The van der Waals surface area contributed by atoms with Crippen molar-refractivity contribution in [2.24, 2.45) is 5.73 Å². The fraction of sp³-hybridized carbons (Fsp3) is 0.208. The summed E-state index contributed by atoms with van der Waals surface area (Å²) in [6.45, 7) is 6.07. The molecule has 2 aromatic carbocycles. The number of carbonyl (C=O) groups excluding carboxylic acids is 2. The van der Waals surface area contributed by atoms with Gasteiger partial charge in [0, 0.05) is 44.7 Å². The van der Waals surface area contributed by atoms with E-state index in [1.807, 2.05) is 0 Å². The molecule has 10 rings (SSSR count). The number of anilines is 2. The molecular formula is C48H46F2N16O4S2. The molecule has 0 fully saturated rings. The van der Waals surface area contributed by atoms with E-state index in [4.69, 9.17) is 10.5 Å². The number of aromatic amines is 2. The maximum Gasteiger partial charge on any atom is 0.337 e. The molecule has 24 heteroatoms. The number of pyridine rings is 2. The smallest absolute Gasteiger partial charge is 0.337 e. The average Bonchev–Trinajstić information content (AvgIpc) is 4.22. The van der Waals surface area contributed by atoms with Crippen molar-refractivity contribution in [3.63, 3.8) is 0 Å². The highest BCUT2D eigenvalue weighted by Crippen LogP contribution is 2.27. The SMILES string of the molecule is C=Cc1nc2ccc(C(=O)OC)cc2[nH]1.COC(=O)c1ccc2nc(CCNCCc3nc4c(NCc5ncccc5F)ncnc4s3)[nH]c2c1.NCCc1nc2c(NCc3ncccc3F)ncnc2s1. The predicted octanol–water partition coefficient (Wildman–Crippen LogP) is 7.00. The lowest BCUT2D eigenvalue weighted by Crippen LogP contribution is -2.20. The highest BCUT2D eigenvalue weighted by Gasteiger charge is 2.15. The van der Waals surface area contributed by atoms with Gasteiger partial charge in [-0.3, -0.25) is 9.97 Å². The van der Waals surface area contributed by atoms with E-state index in [1.165, 1.54) is 61.7 Å². The third-order valence-electron chi connectivity index (χ3n) is 10.5. The molecule has 0 saturated heterocycles. The minimum atomic E-state index is -0.374. The summed E-state index contributed by atoms with van der Waals surface area (Å²) >= 11 is 3.00. The molecule has 20 nitrogen and oxygen atoms in total. The number of esters is 2. The van der Waals surface area contributed by atoms with Gasteiger partial charge in [-0.05, 0) is 73.3 Å². The van der Waals surface area contributed by atoms with E-state index in [2.05, 4.69) is 87.1 Å². The summed E-state index contributed by atoms with van der Waals surface area (Å²) in [5, 5.41) is 11.4. The van der Waals surface area contributed by atoms with Gasteiger partial charge in [0.15, 0.2) is 11.6 Å². The summed E-state index contributed by atoms with van der Waals surface area (Å²) in [5.41, 5.74) is 11.7. The molecule has 10 aromatic rings. The van der Waals surface area contributed by atoms with Crippen LogP contribution in [0.3, 0.4) is 0 Å². The van der Waals surface area contributed by atoms with Crippen molar-refractivity contribution in [2.75, 3.05) is 44.5 Å². The van der Waals surface area contributed by atoms with Crippen molar-refractivity contribution in [1.29, 1.82) is 0 Å². The van der Waals surface area contributed by atoms with Gasteiger partial charge in [0.05, 0.1) is 81.9 Å². The second-order valence-electron chi connectivity index (χ2n) is 15.3.